The van der Waals surface area contributed by atoms with E-state index in [1.807, 2.05) is 24.4 Å². The number of aromatic amines is 1. The molecule has 0 saturated carbocycles. The van der Waals surface area contributed by atoms with Crippen molar-refractivity contribution in [3.05, 3.63) is 70.1 Å². The number of nitrogens with one attached hydrogen (secondary N) is 1. The van der Waals surface area contributed by atoms with Crippen LogP contribution < -0.4 is 0 Å². The molecular formula is C17H13ClFNO. The highest BCUT2D eigenvalue weighted by Crippen LogP contribution is 2.46. The molecule has 0 radical (unpaired) electrons. The molecule has 2 N–H and O–H groups in total. The molecule has 0 amide bonds. The van der Waals surface area contributed by atoms with Crippen LogP contribution in [0.3, 0.4) is 0 Å². The Labute approximate surface area is 126 Å². The normalized spacial score (nSPS) is 20.9. The molecule has 0 aliphatic heterocycles. The summed E-state index contributed by atoms with van der Waals surface area (Å²) in [5, 5.41) is 11.9. The van der Waals surface area contributed by atoms with E-state index in [-0.39, 0.29) is 11.7 Å². The van der Waals surface area contributed by atoms with E-state index in [4.69, 9.17) is 11.6 Å². The van der Waals surface area contributed by atoms with Gasteiger partial charge in [0.15, 0.2) is 0 Å². The molecule has 1 heterocycles. The van der Waals surface area contributed by atoms with Gasteiger partial charge in [-0.05, 0) is 47.4 Å². The van der Waals surface area contributed by atoms with E-state index in [9.17, 15) is 9.50 Å². The second-order valence-electron chi connectivity index (χ2n) is 5.48. The molecule has 21 heavy (non-hydrogen) atoms. The summed E-state index contributed by atoms with van der Waals surface area (Å²) in [4.78, 5) is 3.22. The van der Waals surface area contributed by atoms with Gasteiger partial charge in [0.25, 0.3) is 0 Å². The third kappa shape index (κ3) is 1.88. The van der Waals surface area contributed by atoms with Crippen LogP contribution in [0.2, 0.25) is 5.02 Å². The van der Waals surface area contributed by atoms with Crippen LogP contribution in [0.1, 0.15) is 35.1 Å². The lowest BCUT2D eigenvalue weighted by Gasteiger charge is -2.11. The minimum Gasteiger partial charge on any atom is -0.388 e. The largest absolute Gasteiger partial charge is 0.388 e. The van der Waals surface area contributed by atoms with Gasteiger partial charge in [0.05, 0.1) is 11.1 Å². The van der Waals surface area contributed by atoms with Crippen molar-refractivity contribution in [1.82, 2.24) is 4.98 Å². The maximum absolute atomic E-state index is 13.4. The van der Waals surface area contributed by atoms with Gasteiger partial charge in [0, 0.05) is 23.0 Å². The highest BCUT2D eigenvalue weighted by Gasteiger charge is 2.32. The first-order chi connectivity index (χ1) is 10.1. The van der Waals surface area contributed by atoms with Crippen molar-refractivity contribution in [2.45, 2.75) is 18.4 Å². The van der Waals surface area contributed by atoms with Gasteiger partial charge in [-0.15, -0.1) is 0 Å². The lowest BCUT2D eigenvalue weighted by atomic mass is 9.92. The predicted molar refractivity (Wildman–Crippen MR) is 81.1 cm³/mol. The van der Waals surface area contributed by atoms with E-state index in [2.05, 4.69) is 4.98 Å². The molecule has 1 aliphatic carbocycles. The lowest BCUT2D eigenvalue weighted by Crippen LogP contribution is -1.95. The summed E-state index contributed by atoms with van der Waals surface area (Å²) in [6, 6.07) is 10.4. The Morgan fingerprint density at radius 2 is 2.00 bits per heavy atom. The molecule has 0 fully saturated rings. The number of fused-ring (bicyclic) bond motifs is 2. The molecule has 2 aromatic carbocycles. The smallest absolute Gasteiger partial charge is 0.123 e. The molecule has 0 unspecified atom stereocenters. The van der Waals surface area contributed by atoms with E-state index in [0.717, 1.165) is 22.0 Å². The first-order valence-electron chi connectivity index (χ1n) is 6.88. The maximum Gasteiger partial charge on any atom is 0.123 e. The summed E-state index contributed by atoms with van der Waals surface area (Å²) in [5.74, 6) is -0.283. The molecule has 2 nitrogen and oxygen atoms in total. The van der Waals surface area contributed by atoms with E-state index in [1.54, 1.807) is 6.07 Å². The number of rotatable bonds is 1. The van der Waals surface area contributed by atoms with Gasteiger partial charge in [-0.2, -0.15) is 0 Å². The van der Waals surface area contributed by atoms with Gasteiger partial charge >= 0.3 is 0 Å². The van der Waals surface area contributed by atoms with Crippen LogP contribution >= 0.6 is 11.6 Å². The van der Waals surface area contributed by atoms with Crippen LogP contribution in [0, 0.1) is 5.82 Å². The van der Waals surface area contributed by atoms with Gasteiger partial charge in [-0.3, -0.25) is 0 Å². The van der Waals surface area contributed by atoms with Crippen molar-refractivity contribution >= 4 is 22.5 Å². The fourth-order valence-corrected chi connectivity index (χ4v) is 3.65. The number of hydrogen-bond donors (Lipinski definition) is 2. The highest BCUT2D eigenvalue weighted by atomic mass is 35.5. The molecule has 1 aromatic heterocycles. The second-order valence-corrected chi connectivity index (χ2v) is 5.89. The third-order valence-electron chi connectivity index (χ3n) is 4.30. The van der Waals surface area contributed by atoms with E-state index >= 15 is 0 Å². The van der Waals surface area contributed by atoms with Crippen LogP contribution in [-0.2, 0) is 0 Å². The molecule has 3 aromatic rings. The van der Waals surface area contributed by atoms with Crippen molar-refractivity contribution in [2.24, 2.45) is 0 Å². The summed E-state index contributed by atoms with van der Waals surface area (Å²) < 4.78 is 13.4. The number of benzene rings is 2. The maximum atomic E-state index is 13.4. The molecule has 1 aliphatic rings. The van der Waals surface area contributed by atoms with Crippen LogP contribution in [-0.4, -0.2) is 10.1 Å². The van der Waals surface area contributed by atoms with Crippen LogP contribution in [0.25, 0.3) is 10.9 Å². The van der Waals surface area contributed by atoms with Crippen molar-refractivity contribution in [2.75, 3.05) is 0 Å². The number of aromatic nitrogens is 1. The van der Waals surface area contributed by atoms with Crippen molar-refractivity contribution in [1.29, 1.82) is 0 Å². The molecule has 0 bridgehead atoms. The zero-order valence-corrected chi connectivity index (χ0v) is 11.9. The van der Waals surface area contributed by atoms with Crippen LogP contribution in [0.5, 0.6) is 0 Å². The Bertz CT molecular complexity index is 842. The minimum atomic E-state index is -0.631. The Balaban J connectivity index is 1.92. The Kier molecular flexibility index (Phi) is 2.81. The Morgan fingerprint density at radius 3 is 2.86 bits per heavy atom. The zero-order chi connectivity index (χ0) is 14.6. The standard InChI is InChI=1S/C17H13ClFNO/c18-14-2-1-3-15-17(14)13(8-20-15)11-7-16(21)12-6-9(19)4-5-10(11)12/h1-6,8,11,16,20-21H,7H2/t11-,16+/m1/s1. The van der Waals surface area contributed by atoms with Crippen molar-refractivity contribution in [3.8, 4) is 0 Å². The number of halogens is 2. The predicted octanol–water partition coefficient (Wildman–Crippen LogP) is 4.53. The molecule has 4 heteroatoms. The summed E-state index contributed by atoms with van der Waals surface area (Å²) >= 11 is 6.33. The average Bonchev–Trinajstić information content (AvgIpc) is 3.02. The van der Waals surface area contributed by atoms with E-state index in [1.165, 1.54) is 12.1 Å². The third-order valence-corrected chi connectivity index (χ3v) is 4.62. The average molecular weight is 302 g/mol. The topological polar surface area (TPSA) is 36.0 Å². The summed E-state index contributed by atoms with van der Waals surface area (Å²) in [5.41, 5.74) is 3.69. The zero-order valence-electron chi connectivity index (χ0n) is 11.1. The molecule has 0 saturated heterocycles. The minimum absolute atomic E-state index is 0.0317. The van der Waals surface area contributed by atoms with Gasteiger partial charge in [0.1, 0.15) is 5.82 Å². The van der Waals surface area contributed by atoms with Gasteiger partial charge in [0.2, 0.25) is 0 Å². The number of H-pyrrole nitrogens is 1. The number of hydrogen-bond acceptors (Lipinski definition) is 1. The summed E-state index contributed by atoms with van der Waals surface area (Å²) in [6.45, 7) is 0. The fraction of sp³-hybridized carbons (Fsp3) is 0.176. The Hall–Kier alpha value is -1.84. The number of aliphatic hydroxyl groups is 1. The first-order valence-corrected chi connectivity index (χ1v) is 7.26. The Morgan fingerprint density at radius 1 is 1.14 bits per heavy atom. The van der Waals surface area contributed by atoms with Gasteiger partial charge in [-0.25, -0.2) is 4.39 Å². The van der Waals surface area contributed by atoms with Crippen LogP contribution in [0.15, 0.2) is 42.6 Å². The monoisotopic (exact) mass is 301 g/mol. The van der Waals surface area contributed by atoms with Crippen molar-refractivity contribution < 1.29 is 9.50 Å². The molecule has 4 rings (SSSR count). The van der Waals surface area contributed by atoms with Crippen molar-refractivity contribution in [3.63, 3.8) is 0 Å². The highest BCUT2D eigenvalue weighted by molar-refractivity contribution is 6.35. The summed E-state index contributed by atoms with van der Waals surface area (Å²) in [6.07, 6.45) is 1.86. The molecule has 106 valence electrons. The lowest BCUT2D eigenvalue weighted by molar-refractivity contribution is 0.176. The molecule has 2 atom stereocenters. The fourth-order valence-electron chi connectivity index (χ4n) is 3.36. The summed E-state index contributed by atoms with van der Waals surface area (Å²) in [7, 11) is 0. The first kappa shape index (κ1) is 12.9. The molecular weight excluding hydrogens is 289 g/mol. The van der Waals surface area contributed by atoms with Crippen LogP contribution in [0.4, 0.5) is 4.39 Å². The number of aliphatic hydroxyl groups excluding tert-OH is 1. The van der Waals surface area contributed by atoms with Gasteiger partial charge in [-0.1, -0.05) is 23.7 Å². The SMILES string of the molecule is O[C@H]1C[C@@H](c2c[nH]c3cccc(Cl)c23)c2ccc(F)cc21. The van der Waals surface area contributed by atoms with E-state index < -0.39 is 6.10 Å². The van der Waals surface area contributed by atoms with Gasteiger partial charge < -0.3 is 10.1 Å². The molecule has 0 spiro atoms. The quantitative estimate of drug-likeness (QED) is 0.680. The second kappa shape index (κ2) is 4.58. The van der Waals surface area contributed by atoms with E-state index in [0.29, 0.717) is 17.0 Å².